The van der Waals surface area contributed by atoms with Crippen LogP contribution in [0.2, 0.25) is 0 Å². The molecule has 1 aromatic carbocycles. The van der Waals surface area contributed by atoms with E-state index in [1.807, 2.05) is 0 Å². The van der Waals surface area contributed by atoms with E-state index in [-0.39, 0.29) is 11.4 Å². The molecule has 0 fully saturated rings. The van der Waals surface area contributed by atoms with Gasteiger partial charge in [-0.05, 0) is 38.3 Å². The molecule has 3 N–H and O–H groups in total. The Labute approximate surface area is 121 Å². The summed E-state index contributed by atoms with van der Waals surface area (Å²) in [6.07, 6.45) is 1.07. The van der Waals surface area contributed by atoms with Gasteiger partial charge in [0, 0.05) is 25.2 Å². The van der Waals surface area contributed by atoms with E-state index in [1.54, 1.807) is 6.92 Å². The number of rotatable bonds is 4. The van der Waals surface area contributed by atoms with E-state index in [4.69, 9.17) is 5.73 Å². The van der Waals surface area contributed by atoms with Crippen LogP contribution in [0.5, 0.6) is 0 Å². The molecule has 4 nitrogen and oxygen atoms in total. The molecule has 0 bridgehead atoms. The molecule has 4 heteroatoms. The molecule has 0 radical (unpaired) electrons. The third-order valence-corrected chi connectivity index (χ3v) is 4.10. The fourth-order valence-corrected chi connectivity index (χ4v) is 2.59. The van der Waals surface area contributed by atoms with Crippen molar-refractivity contribution in [1.82, 2.24) is 10.2 Å². The van der Waals surface area contributed by atoms with Crippen LogP contribution >= 0.6 is 0 Å². The van der Waals surface area contributed by atoms with E-state index in [0.29, 0.717) is 6.54 Å². The van der Waals surface area contributed by atoms with Crippen LogP contribution in [0, 0.1) is 0 Å². The van der Waals surface area contributed by atoms with E-state index >= 15 is 0 Å². The number of carbonyl (C=O) groups is 1. The van der Waals surface area contributed by atoms with Crippen molar-refractivity contribution in [3.63, 3.8) is 0 Å². The number of nitrogens with zero attached hydrogens (tertiary/aromatic N) is 1. The van der Waals surface area contributed by atoms with Crippen molar-refractivity contribution in [2.24, 2.45) is 5.73 Å². The number of hydrogen-bond acceptors (Lipinski definition) is 3. The van der Waals surface area contributed by atoms with E-state index in [9.17, 15) is 4.79 Å². The van der Waals surface area contributed by atoms with Gasteiger partial charge >= 0.3 is 0 Å². The van der Waals surface area contributed by atoms with Gasteiger partial charge in [-0.25, -0.2) is 0 Å². The number of amides is 1. The van der Waals surface area contributed by atoms with Crippen LogP contribution in [0.1, 0.15) is 31.9 Å². The molecule has 0 aromatic heterocycles. The van der Waals surface area contributed by atoms with E-state index < -0.39 is 6.04 Å². The van der Waals surface area contributed by atoms with Gasteiger partial charge in [0.25, 0.3) is 0 Å². The summed E-state index contributed by atoms with van der Waals surface area (Å²) in [5.41, 5.74) is 8.35. The summed E-state index contributed by atoms with van der Waals surface area (Å²) in [4.78, 5) is 14.0. The first-order valence-electron chi connectivity index (χ1n) is 7.25. The topological polar surface area (TPSA) is 58.4 Å². The van der Waals surface area contributed by atoms with Crippen LogP contribution in [-0.2, 0) is 17.8 Å². The molecular formula is C16H25N3O. The van der Waals surface area contributed by atoms with Crippen LogP contribution in [0.4, 0.5) is 0 Å². The Morgan fingerprint density at radius 3 is 2.70 bits per heavy atom. The summed E-state index contributed by atoms with van der Waals surface area (Å²) in [7, 11) is 0. The van der Waals surface area contributed by atoms with E-state index in [1.165, 1.54) is 11.1 Å². The molecule has 1 amide bonds. The Kier molecular flexibility index (Phi) is 4.45. The standard InChI is InChI=1S/C16H25N3O/c1-12(17)15(20)18-11-16(2,3)19-9-8-13-6-4-5-7-14(13)10-19/h4-7,12H,8-11,17H2,1-3H3,(H,18,20). The SMILES string of the molecule is CC(N)C(=O)NCC(C)(C)N1CCc2ccccc2C1. The highest BCUT2D eigenvalue weighted by Crippen LogP contribution is 2.24. The van der Waals surface area contributed by atoms with Crippen LogP contribution < -0.4 is 11.1 Å². The number of benzene rings is 1. The largest absolute Gasteiger partial charge is 0.353 e. The third-order valence-electron chi connectivity index (χ3n) is 4.10. The lowest BCUT2D eigenvalue weighted by Gasteiger charge is -2.41. The Balaban J connectivity index is 1.99. The fourth-order valence-electron chi connectivity index (χ4n) is 2.59. The highest BCUT2D eigenvalue weighted by molar-refractivity contribution is 5.81. The van der Waals surface area contributed by atoms with Crippen molar-refractivity contribution in [2.75, 3.05) is 13.1 Å². The van der Waals surface area contributed by atoms with Crippen LogP contribution in [0.3, 0.4) is 0 Å². The highest BCUT2D eigenvalue weighted by atomic mass is 16.2. The maximum absolute atomic E-state index is 11.6. The summed E-state index contributed by atoms with van der Waals surface area (Å²) in [6.45, 7) is 8.63. The summed E-state index contributed by atoms with van der Waals surface area (Å²) in [6, 6.07) is 8.14. The zero-order chi connectivity index (χ0) is 14.8. The van der Waals surface area contributed by atoms with Gasteiger partial charge in [-0.1, -0.05) is 24.3 Å². The maximum Gasteiger partial charge on any atom is 0.236 e. The smallest absolute Gasteiger partial charge is 0.236 e. The van der Waals surface area contributed by atoms with Crippen molar-refractivity contribution in [2.45, 2.75) is 45.3 Å². The second-order valence-electron chi connectivity index (χ2n) is 6.26. The Morgan fingerprint density at radius 2 is 2.05 bits per heavy atom. The van der Waals surface area contributed by atoms with Gasteiger partial charge < -0.3 is 11.1 Å². The van der Waals surface area contributed by atoms with Crippen molar-refractivity contribution in [3.8, 4) is 0 Å². The molecule has 2 rings (SSSR count). The Bertz CT molecular complexity index is 482. The van der Waals surface area contributed by atoms with E-state index in [2.05, 4.69) is 48.3 Å². The van der Waals surface area contributed by atoms with Crippen molar-refractivity contribution >= 4 is 5.91 Å². The maximum atomic E-state index is 11.6. The molecule has 1 unspecified atom stereocenters. The highest BCUT2D eigenvalue weighted by Gasteiger charge is 2.30. The quantitative estimate of drug-likeness (QED) is 0.870. The minimum Gasteiger partial charge on any atom is -0.353 e. The molecule has 0 saturated heterocycles. The van der Waals surface area contributed by atoms with Gasteiger partial charge in [0.15, 0.2) is 0 Å². The molecular weight excluding hydrogens is 250 g/mol. The minimum absolute atomic E-state index is 0.0713. The van der Waals surface area contributed by atoms with Gasteiger partial charge in [-0.2, -0.15) is 0 Å². The predicted octanol–water partition coefficient (Wildman–Crippen LogP) is 1.29. The van der Waals surface area contributed by atoms with Crippen molar-refractivity contribution < 1.29 is 4.79 Å². The summed E-state index contributed by atoms with van der Waals surface area (Å²) in [5.74, 6) is -0.0875. The van der Waals surface area contributed by atoms with Crippen LogP contribution in [-0.4, -0.2) is 35.5 Å². The second kappa shape index (κ2) is 5.94. The zero-order valence-corrected chi connectivity index (χ0v) is 12.6. The molecule has 20 heavy (non-hydrogen) atoms. The lowest BCUT2D eigenvalue weighted by atomic mass is 9.94. The Hall–Kier alpha value is -1.39. The number of nitrogens with one attached hydrogen (secondary N) is 1. The van der Waals surface area contributed by atoms with Gasteiger partial charge in [-0.15, -0.1) is 0 Å². The first-order chi connectivity index (χ1) is 9.40. The first kappa shape index (κ1) is 15.0. The Morgan fingerprint density at radius 1 is 1.40 bits per heavy atom. The zero-order valence-electron chi connectivity index (χ0n) is 12.6. The predicted molar refractivity (Wildman–Crippen MR) is 81.3 cm³/mol. The monoisotopic (exact) mass is 275 g/mol. The van der Waals surface area contributed by atoms with Gasteiger partial charge in [0.05, 0.1) is 6.04 Å². The number of nitrogens with two attached hydrogens (primary N) is 1. The molecule has 1 atom stereocenters. The number of fused-ring (bicyclic) bond motifs is 1. The second-order valence-corrected chi connectivity index (χ2v) is 6.26. The van der Waals surface area contributed by atoms with Crippen LogP contribution in [0.15, 0.2) is 24.3 Å². The average molecular weight is 275 g/mol. The lowest BCUT2D eigenvalue weighted by molar-refractivity contribution is -0.122. The molecule has 0 saturated carbocycles. The normalized spacial score (nSPS) is 17.4. The summed E-state index contributed by atoms with van der Waals surface area (Å²) < 4.78 is 0. The van der Waals surface area contributed by atoms with Crippen molar-refractivity contribution in [1.29, 1.82) is 0 Å². The molecule has 110 valence electrons. The van der Waals surface area contributed by atoms with Gasteiger partial charge in [-0.3, -0.25) is 9.69 Å². The first-order valence-corrected chi connectivity index (χ1v) is 7.25. The molecule has 1 aromatic rings. The van der Waals surface area contributed by atoms with Crippen LogP contribution in [0.25, 0.3) is 0 Å². The molecule has 1 aliphatic heterocycles. The minimum atomic E-state index is -0.451. The fraction of sp³-hybridized carbons (Fsp3) is 0.562. The number of carbonyl (C=O) groups excluding carboxylic acids is 1. The molecule has 0 aliphatic carbocycles. The molecule has 1 heterocycles. The van der Waals surface area contributed by atoms with E-state index in [0.717, 1.165) is 19.5 Å². The molecule has 1 aliphatic rings. The molecule has 0 spiro atoms. The van der Waals surface area contributed by atoms with Crippen molar-refractivity contribution in [3.05, 3.63) is 35.4 Å². The number of hydrogen-bond donors (Lipinski definition) is 2. The third kappa shape index (κ3) is 3.38. The average Bonchev–Trinajstić information content (AvgIpc) is 2.44. The summed E-state index contributed by atoms with van der Waals surface area (Å²) in [5, 5.41) is 2.94. The van der Waals surface area contributed by atoms with Gasteiger partial charge in [0.2, 0.25) is 5.91 Å². The summed E-state index contributed by atoms with van der Waals surface area (Å²) >= 11 is 0. The lowest BCUT2D eigenvalue weighted by Crippen LogP contribution is -2.54. The van der Waals surface area contributed by atoms with Gasteiger partial charge in [0.1, 0.15) is 0 Å².